The SMILES string of the molecule is c1ccc(N2CC3(CCN(c4ncccn4)C3)C2)nc1. The van der Waals surface area contributed by atoms with Crippen LogP contribution in [0.15, 0.2) is 42.9 Å². The van der Waals surface area contributed by atoms with E-state index in [1.165, 1.54) is 6.42 Å². The summed E-state index contributed by atoms with van der Waals surface area (Å²) in [6.07, 6.45) is 6.70. The lowest BCUT2D eigenvalue weighted by molar-refractivity contribution is 0.244. The molecule has 0 radical (unpaired) electrons. The molecule has 1 spiro atoms. The summed E-state index contributed by atoms with van der Waals surface area (Å²) in [6.45, 7) is 4.29. The van der Waals surface area contributed by atoms with Crippen molar-refractivity contribution in [2.75, 3.05) is 36.0 Å². The molecule has 5 heteroatoms. The molecule has 4 heterocycles. The lowest BCUT2D eigenvalue weighted by Crippen LogP contribution is -2.58. The highest BCUT2D eigenvalue weighted by atomic mass is 15.3. The van der Waals surface area contributed by atoms with Gasteiger partial charge in [-0.25, -0.2) is 15.0 Å². The predicted octanol–water partition coefficient (Wildman–Crippen LogP) is 1.59. The molecule has 0 amide bonds. The van der Waals surface area contributed by atoms with Crippen molar-refractivity contribution in [2.45, 2.75) is 6.42 Å². The summed E-state index contributed by atoms with van der Waals surface area (Å²) in [5.41, 5.74) is 0.400. The van der Waals surface area contributed by atoms with Crippen LogP contribution in [0.25, 0.3) is 0 Å². The Morgan fingerprint density at radius 3 is 2.35 bits per heavy atom. The van der Waals surface area contributed by atoms with Gasteiger partial charge in [-0.05, 0) is 24.6 Å². The summed E-state index contributed by atoms with van der Waals surface area (Å²) < 4.78 is 0. The van der Waals surface area contributed by atoms with Crippen molar-refractivity contribution in [1.29, 1.82) is 0 Å². The summed E-state index contributed by atoms with van der Waals surface area (Å²) in [6, 6.07) is 7.95. The van der Waals surface area contributed by atoms with Crippen molar-refractivity contribution in [3.8, 4) is 0 Å². The molecule has 0 saturated carbocycles. The first-order chi connectivity index (χ1) is 9.85. The van der Waals surface area contributed by atoms with E-state index in [1.54, 1.807) is 0 Å². The van der Waals surface area contributed by atoms with Crippen LogP contribution in [0.4, 0.5) is 11.8 Å². The first-order valence-electron chi connectivity index (χ1n) is 7.03. The second kappa shape index (κ2) is 4.44. The van der Waals surface area contributed by atoms with E-state index < -0.39 is 0 Å². The molecular weight excluding hydrogens is 250 g/mol. The Hall–Kier alpha value is -2.17. The molecule has 0 aromatic carbocycles. The zero-order valence-corrected chi connectivity index (χ0v) is 11.3. The fourth-order valence-corrected chi connectivity index (χ4v) is 3.28. The third-order valence-electron chi connectivity index (χ3n) is 4.30. The van der Waals surface area contributed by atoms with Gasteiger partial charge in [0.25, 0.3) is 0 Å². The van der Waals surface area contributed by atoms with Crippen molar-refractivity contribution in [3.05, 3.63) is 42.9 Å². The van der Waals surface area contributed by atoms with Gasteiger partial charge in [-0.15, -0.1) is 0 Å². The van der Waals surface area contributed by atoms with Gasteiger partial charge in [-0.3, -0.25) is 0 Å². The van der Waals surface area contributed by atoms with Crippen LogP contribution in [-0.4, -0.2) is 41.1 Å². The van der Waals surface area contributed by atoms with Gasteiger partial charge in [-0.2, -0.15) is 0 Å². The normalized spacial score (nSPS) is 20.2. The van der Waals surface area contributed by atoms with Crippen molar-refractivity contribution in [2.24, 2.45) is 5.41 Å². The first-order valence-corrected chi connectivity index (χ1v) is 7.03. The maximum Gasteiger partial charge on any atom is 0.225 e. The van der Waals surface area contributed by atoms with Gasteiger partial charge in [0.1, 0.15) is 5.82 Å². The summed E-state index contributed by atoms with van der Waals surface area (Å²) in [5, 5.41) is 0. The molecule has 0 N–H and O–H groups in total. The zero-order chi connectivity index (χ0) is 13.4. The molecule has 2 fully saturated rings. The Balaban J connectivity index is 1.43. The first kappa shape index (κ1) is 11.6. The minimum absolute atomic E-state index is 0.400. The van der Waals surface area contributed by atoms with Crippen LogP contribution in [0.1, 0.15) is 6.42 Å². The molecule has 2 aromatic heterocycles. The molecule has 2 aliphatic rings. The molecule has 102 valence electrons. The second-order valence-electron chi connectivity index (χ2n) is 5.76. The number of aromatic nitrogens is 3. The average Bonchev–Trinajstić information content (AvgIpc) is 2.93. The van der Waals surface area contributed by atoms with Crippen LogP contribution in [0, 0.1) is 5.41 Å². The Kier molecular flexibility index (Phi) is 2.58. The molecule has 4 rings (SSSR count). The maximum absolute atomic E-state index is 4.42. The highest BCUT2D eigenvalue weighted by molar-refractivity contribution is 5.45. The Bertz CT molecular complexity index is 580. The largest absolute Gasteiger partial charge is 0.355 e. The standard InChI is InChI=1S/C15H17N5/c1-2-6-16-13(4-1)20-11-15(12-20)5-9-19(10-15)14-17-7-3-8-18-14/h1-4,6-8H,5,9-12H2. The molecular formula is C15H17N5. The molecule has 0 atom stereocenters. The van der Waals surface area contributed by atoms with E-state index >= 15 is 0 Å². The third kappa shape index (κ3) is 1.90. The maximum atomic E-state index is 4.42. The summed E-state index contributed by atoms with van der Waals surface area (Å²) in [4.78, 5) is 17.8. The number of hydrogen-bond donors (Lipinski definition) is 0. The molecule has 2 aliphatic heterocycles. The van der Waals surface area contributed by atoms with Crippen LogP contribution in [0.5, 0.6) is 0 Å². The number of nitrogens with zero attached hydrogens (tertiary/aromatic N) is 5. The van der Waals surface area contributed by atoms with Crippen LogP contribution in [0.2, 0.25) is 0 Å². The van der Waals surface area contributed by atoms with Gasteiger partial charge >= 0.3 is 0 Å². The Labute approximate surface area is 118 Å². The third-order valence-corrected chi connectivity index (χ3v) is 4.30. The lowest BCUT2D eigenvalue weighted by Gasteiger charge is -2.48. The van der Waals surface area contributed by atoms with E-state index in [-0.39, 0.29) is 0 Å². The minimum atomic E-state index is 0.400. The van der Waals surface area contributed by atoms with Gasteiger partial charge in [-0.1, -0.05) is 6.07 Å². The monoisotopic (exact) mass is 267 g/mol. The number of anilines is 2. The number of pyridine rings is 1. The summed E-state index contributed by atoms with van der Waals surface area (Å²) in [5.74, 6) is 1.95. The van der Waals surface area contributed by atoms with E-state index in [0.717, 1.165) is 37.9 Å². The summed E-state index contributed by atoms with van der Waals surface area (Å²) >= 11 is 0. The fraction of sp³-hybridized carbons (Fsp3) is 0.400. The minimum Gasteiger partial charge on any atom is -0.355 e. The topological polar surface area (TPSA) is 45.2 Å². The van der Waals surface area contributed by atoms with Crippen LogP contribution in [-0.2, 0) is 0 Å². The Morgan fingerprint density at radius 2 is 1.60 bits per heavy atom. The fourth-order valence-electron chi connectivity index (χ4n) is 3.28. The van der Waals surface area contributed by atoms with Gasteiger partial charge in [0, 0.05) is 50.2 Å². The van der Waals surface area contributed by atoms with Gasteiger partial charge in [0.2, 0.25) is 5.95 Å². The number of hydrogen-bond acceptors (Lipinski definition) is 5. The van der Waals surface area contributed by atoms with E-state index in [9.17, 15) is 0 Å². The lowest BCUT2D eigenvalue weighted by atomic mass is 9.79. The quantitative estimate of drug-likeness (QED) is 0.827. The Morgan fingerprint density at radius 1 is 0.850 bits per heavy atom. The zero-order valence-electron chi connectivity index (χ0n) is 11.3. The molecule has 2 saturated heterocycles. The highest BCUT2D eigenvalue weighted by Gasteiger charge is 2.48. The van der Waals surface area contributed by atoms with Gasteiger partial charge in [0.05, 0.1) is 0 Å². The molecule has 0 aliphatic carbocycles. The molecule has 5 nitrogen and oxygen atoms in total. The van der Waals surface area contributed by atoms with Crippen molar-refractivity contribution < 1.29 is 0 Å². The van der Waals surface area contributed by atoms with Crippen LogP contribution in [0.3, 0.4) is 0 Å². The molecule has 0 bridgehead atoms. The second-order valence-corrected chi connectivity index (χ2v) is 5.76. The van der Waals surface area contributed by atoms with Crippen molar-refractivity contribution >= 4 is 11.8 Å². The van der Waals surface area contributed by atoms with Gasteiger partial charge < -0.3 is 9.80 Å². The van der Waals surface area contributed by atoms with Crippen LogP contribution < -0.4 is 9.80 Å². The number of rotatable bonds is 2. The molecule has 2 aromatic rings. The smallest absolute Gasteiger partial charge is 0.225 e. The average molecular weight is 267 g/mol. The van der Waals surface area contributed by atoms with Crippen molar-refractivity contribution in [1.82, 2.24) is 15.0 Å². The molecule has 20 heavy (non-hydrogen) atoms. The van der Waals surface area contributed by atoms with Crippen LogP contribution >= 0.6 is 0 Å². The van der Waals surface area contributed by atoms with Gasteiger partial charge in [0.15, 0.2) is 0 Å². The van der Waals surface area contributed by atoms with E-state index in [0.29, 0.717) is 5.41 Å². The molecule has 0 unspecified atom stereocenters. The van der Waals surface area contributed by atoms with E-state index in [2.05, 4.69) is 30.8 Å². The van der Waals surface area contributed by atoms with Crippen molar-refractivity contribution in [3.63, 3.8) is 0 Å². The highest BCUT2D eigenvalue weighted by Crippen LogP contribution is 2.41. The van der Waals surface area contributed by atoms with E-state index in [4.69, 9.17) is 0 Å². The van der Waals surface area contributed by atoms with E-state index in [1.807, 2.05) is 36.8 Å². The predicted molar refractivity (Wildman–Crippen MR) is 77.7 cm³/mol. The summed E-state index contributed by atoms with van der Waals surface area (Å²) in [7, 11) is 0.